The largest absolute Gasteiger partial charge is 0.256 e. The Bertz CT molecular complexity index is 2750. The van der Waals surface area contributed by atoms with E-state index in [0.29, 0.717) is 17.5 Å². The second-order valence-electron chi connectivity index (χ2n) is 14.1. The highest BCUT2D eigenvalue weighted by atomic mass is 15.0. The zero-order valence-electron chi connectivity index (χ0n) is 29.3. The van der Waals surface area contributed by atoms with Crippen LogP contribution in [-0.2, 0) is 5.41 Å². The van der Waals surface area contributed by atoms with E-state index in [0.717, 1.165) is 49.6 Å². The van der Waals surface area contributed by atoms with Crippen molar-refractivity contribution in [1.29, 1.82) is 0 Å². The Kier molecular flexibility index (Phi) is 7.08. The molecule has 1 aliphatic carbocycles. The summed E-state index contributed by atoms with van der Waals surface area (Å²) in [7, 11) is 0. The van der Waals surface area contributed by atoms with Crippen molar-refractivity contribution in [2.24, 2.45) is 0 Å². The van der Waals surface area contributed by atoms with Gasteiger partial charge in [0.2, 0.25) is 0 Å². The molecule has 0 aliphatic heterocycles. The summed E-state index contributed by atoms with van der Waals surface area (Å²) in [5.41, 5.74) is 14.7. The monoisotopic (exact) mass is 679 g/mol. The van der Waals surface area contributed by atoms with E-state index in [1.54, 1.807) is 0 Å². The van der Waals surface area contributed by atoms with Crippen LogP contribution in [0.25, 0.3) is 89.4 Å². The molecule has 0 amide bonds. The van der Waals surface area contributed by atoms with Crippen molar-refractivity contribution in [3.63, 3.8) is 0 Å². The van der Waals surface area contributed by atoms with Crippen molar-refractivity contribution in [3.8, 4) is 67.5 Å². The van der Waals surface area contributed by atoms with Gasteiger partial charge in [-0.1, -0.05) is 141 Å². The van der Waals surface area contributed by atoms with Gasteiger partial charge in [0.25, 0.3) is 0 Å². The lowest BCUT2D eigenvalue weighted by Crippen LogP contribution is -2.14. The third-order valence-corrected chi connectivity index (χ3v) is 10.7. The van der Waals surface area contributed by atoms with Crippen LogP contribution in [0, 0.1) is 0 Å². The fraction of sp³-hybridized carbons (Fsp3) is 0.0625. The number of fused-ring (bicyclic) bond motifs is 5. The summed E-state index contributed by atoms with van der Waals surface area (Å²) in [5, 5.41) is 1.98. The van der Waals surface area contributed by atoms with Gasteiger partial charge in [-0.05, 0) is 68.8 Å². The maximum atomic E-state index is 5.07. The Hall–Kier alpha value is -6.85. The van der Waals surface area contributed by atoms with Crippen LogP contribution in [0.2, 0.25) is 0 Å². The van der Waals surface area contributed by atoms with E-state index in [1.165, 1.54) is 33.4 Å². The van der Waals surface area contributed by atoms with E-state index in [-0.39, 0.29) is 5.41 Å². The number of pyridine rings is 2. The van der Waals surface area contributed by atoms with Gasteiger partial charge in [0.1, 0.15) is 0 Å². The van der Waals surface area contributed by atoms with Crippen molar-refractivity contribution in [3.05, 3.63) is 175 Å². The Morgan fingerprint density at radius 1 is 0.358 bits per heavy atom. The summed E-state index contributed by atoms with van der Waals surface area (Å²) >= 11 is 0. The molecule has 9 aromatic rings. The van der Waals surface area contributed by atoms with Crippen molar-refractivity contribution >= 4 is 21.8 Å². The molecule has 0 saturated carbocycles. The van der Waals surface area contributed by atoms with Crippen LogP contribution in [-0.4, -0.2) is 24.9 Å². The summed E-state index contributed by atoms with van der Waals surface area (Å²) < 4.78 is 0. The van der Waals surface area contributed by atoms with Gasteiger partial charge in [0.15, 0.2) is 17.5 Å². The minimum Gasteiger partial charge on any atom is -0.256 e. The lowest BCUT2D eigenvalue weighted by Gasteiger charge is -2.21. The van der Waals surface area contributed by atoms with Crippen molar-refractivity contribution in [1.82, 2.24) is 24.9 Å². The quantitative estimate of drug-likeness (QED) is 0.181. The first-order valence-electron chi connectivity index (χ1n) is 17.9. The molecule has 5 nitrogen and oxygen atoms in total. The molecule has 3 heterocycles. The van der Waals surface area contributed by atoms with E-state index in [9.17, 15) is 0 Å². The predicted molar refractivity (Wildman–Crippen MR) is 215 cm³/mol. The normalized spacial score (nSPS) is 12.9. The van der Waals surface area contributed by atoms with Crippen LogP contribution < -0.4 is 0 Å². The van der Waals surface area contributed by atoms with Gasteiger partial charge >= 0.3 is 0 Å². The van der Waals surface area contributed by atoms with Crippen molar-refractivity contribution in [2.75, 3.05) is 0 Å². The van der Waals surface area contributed by atoms with Gasteiger partial charge < -0.3 is 0 Å². The second-order valence-corrected chi connectivity index (χ2v) is 14.1. The Labute approximate surface area is 307 Å². The van der Waals surface area contributed by atoms with Gasteiger partial charge in [-0.3, -0.25) is 9.97 Å². The van der Waals surface area contributed by atoms with Crippen molar-refractivity contribution < 1.29 is 0 Å². The topological polar surface area (TPSA) is 64.5 Å². The van der Waals surface area contributed by atoms with Crippen LogP contribution in [0.15, 0.2) is 164 Å². The van der Waals surface area contributed by atoms with Gasteiger partial charge in [-0.2, -0.15) is 0 Å². The molecule has 6 aromatic carbocycles. The minimum absolute atomic E-state index is 0.0259. The highest BCUT2D eigenvalue weighted by Crippen LogP contribution is 2.52. The molecule has 3 aromatic heterocycles. The first-order chi connectivity index (χ1) is 26.0. The third-order valence-electron chi connectivity index (χ3n) is 10.7. The number of hydrogen-bond acceptors (Lipinski definition) is 5. The average molecular weight is 680 g/mol. The van der Waals surface area contributed by atoms with Crippen LogP contribution in [0.5, 0.6) is 0 Å². The number of nitrogens with zero attached hydrogens (tertiary/aromatic N) is 5. The number of rotatable bonds is 5. The molecule has 250 valence electrons. The zero-order valence-corrected chi connectivity index (χ0v) is 29.3. The number of benzene rings is 6. The summed E-state index contributed by atoms with van der Waals surface area (Å²) in [6.45, 7) is 4.66. The molecule has 0 spiro atoms. The molecular weight excluding hydrogens is 647 g/mol. The number of hydrogen-bond donors (Lipinski definition) is 0. The fourth-order valence-electron chi connectivity index (χ4n) is 7.98. The summed E-state index contributed by atoms with van der Waals surface area (Å²) in [6.07, 6.45) is 3.63. The van der Waals surface area contributed by atoms with Gasteiger partial charge in [-0.15, -0.1) is 0 Å². The molecule has 0 radical (unpaired) electrons. The maximum absolute atomic E-state index is 5.07. The molecule has 0 unspecified atom stereocenters. The lowest BCUT2D eigenvalue weighted by molar-refractivity contribution is 0.660. The van der Waals surface area contributed by atoms with E-state index in [4.69, 9.17) is 15.0 Å². The molecule has 0 atom stereocenters. The average Bonchev–Trinajstić information content (AvgIpc) is 3.46. The number of para-hydroxylation sites is 2. The van der Waals surface area contributed by atoms with Crippen molar-refractivity contribution in [2.45, 2.75) is 19.3 Å². The standard InChI is InChI=1S/C48H33N5/c1-48(2)40-14-6-3-12-39(40)44-34(13-9-15-41(44)48)32-22-18-30(19-23-32)31-20-24-33(25-21-31)45-51-46(37-26-28-49-42-16-7-4-10-35(37)42)53-47(52-45)38-27-29-50-43-17-8-5-11-36(38)43/h3-29H,1-2H3. The Balaban J connectivity index is 1.03. The fourth-order valence-corrected chi connectivity index (χ4v) is 7.98. The van der Waals surface area contributed by atoms with E-state index >= 15 is 0 Å². The second kappa shape index (κ2) is 12.1. The summed E-state index contributed by atoms with van der Waals surface area (Å²) in [6, 6.07) is 53.1. The first kappa shape index (κ1) is 30.9. The van der Waals surface area contributed by atoms with Gasteiger partial charge in [0, 0.05) is 45.3 Å². The Morgan fingerprint density at radius 3 is 1.45 bits per heavy atom. The molecule has 0 N–H and O–H groups in total. The highest BCUT2D eigenvalue weighted by molar-refractivity contribution is 5.96. The smallest absolute Gasteiger partial charge is 0.164 e. The predicted octanol–water partition coefficient (Wildman–Crippen LogP) is 11.6. The van der Waals surface area contributed by atoms with Gasteiger partial charge in [-0.25, -0.2) is 15.0 Å². The summed E-state index contributed by atoms with van der Waals surface area (Å²) in [4.78, 5) is 24.4. The maximum Gasteiger partial charge on any atom is 0.164 e. The third kappa shape index (κ3) is 5.12. The van der Waals surface area contributed by atoms with E-state index < -0.39 is 0 Å². The molecule has 0 fully saturated rings. The first-order valence-corrected chi connectivity index (χ1v) is 17.9. The highest BCUT2D eigenvalue weighted by Gasteiger charge is 2.36. The van der Waals surface area contributed by atoms with Crippen LogP contribution in [0.4, 0.5) is 0 Å². The molecular formula is C48H33N5. The van der Waals surface area contributed by atoms with Crippen LogP contribution in [0.3, 0.4) is 0 Å². The number of aromatic nitrogens is 5. The zero-order chi connectivity index (χ0) is 35.5. The van der Waals surface area contributed by atoms with Gasteiger partial charge in [0.05, 0.1) is 11.0 Å². The Morgan fingerprint density at radius 2 is 0.830 bits per heavy atom. The molecule has 10 rings (SSSR count). The van der Waals surface area contributed by atoms with E-state index in [1.807, 2.05) is 60.9 Å². The van der Waals surface area contributed by atoms with Crippen LogP contribution in [0.1, 0.15) is 25.0 Å². The summed E-state index contributed by atoms with van der Waals surface area (Å²) in [5.74, 6) is 1.81. The molecule has 0 saturated heterocycles. The van der Waals surface area contributed by atoms with E-state index in [2.05, 4.69) is 127 Å². The molecule has 5 heteroatoms. The molecule has 0 bridgehead atoms. The minimum atomic E-state index is -0.0259. The molecule has 1 aliphatic rings. The van der Waals surface area contributed by atoms with Crippen LogP contribution >= 0.6 is 0 Å². The lowest BCUT2D eigenvalue weighted by atomic mass is 9.82. The SMILES string of the molecule is CC1(C)c2ccccc2-c2c(-c3ccc(-c4ccc(-c5nc(-c6ccnc7ccccc67)nc(-c6ccnc7ccccc67)n5)cc4)cc3)cccc21. The molecule has 53 heavy (non-hydrogen) atoms.